The van der Waals surface area contributed by atoms with Crippen molar-refractivity contribution in [3.8, 4) is 0 Å². The van der Waals surface area contributed by atoms with Crippen LogP contribution < -0.4 is 29.6 Å². The Hall–Kier alpha value is 1.05. The predicted molar refractivity (Wildman–Crippen MR) is 27.8 cm³/mol. The van der Waals surface area contributed by atoms with Gasteiger partial charge in [0.1, 0.15) is 0 Å². The summed E-state index contributed by atoms with van der Waals surface area (Å²) in [7, 11) is -6.81. The Bertz CT molecular complexity index is 89.6. The predicted octanol–water partition coefficient (Wildman–Crippen LogP) is -5.86. The van der Waals surface area contributed by atoms with Crippen molar-refractivity contribution in [2.75, 3.05) is 0 Å². The van der Waals surface area contributed by atoms with Crippen molar-refractivity contribution in [1.82, 2.24) is 0 Å². The van der Waals surface area contributed by atoms with Crippen LogP contribution in [0.4, 0.5) is 0 Å². The summed E-state index contributed by atoms with van der Waals surface area (Å²) in [6, 6.07) is 0. The van der Waals surface area contributed by atoms with Crippen LogP contribution in [-0.2, 0) is 4.57 Å². The fourth-order valence-corrected chi connectivity index (χ4v) is 0. The summed E-state index contributed by atoms with van der Waals surface area (Å²) in [5, 5.41) is 21.5. The Kier molecular flexibility index (Phi) is 14.0. The van der Waals surface area contributed by atoms with Gasteiger partial charge in [-0.05, 0) is 0 Å². The minimum Gasteiger partial charge on any atom is -1.00 e. The van der Waals surface area contributed by atoms with Gasteiger partial charge in [-0.2, -0.15) is 0 Å². The molecule has 0 radical (unpaired) electrons. The molecule has 10 heteroatoms. The van der Waals surface area contributed by atoms with Gasteiger partial charge in [-0.15, -0.1) is 0 Å². The van der Waals surface area contributed by atoms with Crippen molar-refractivity contribution in [3.63, 3.8) is 0 Å². The van der Waals surface area contributed by atoms with Crippen molar-refractivity contribution < 1.29 is 65.3 Å². The van der Waals surface area contributed by atoms with E-state index >= 15 is 0 Å². The van der Waals surface area contributed by atoms with E-state index in [1.807, 2.05) is 0 Å². The van der Waals surface area contributed by atoms with E-state index in [-0.39, 0.29) is 31.0 Å². The molecule has 0 aromatic rings. The molecule has 0 aromatic carbocycles. The molecule has 0 fully saturated rings. The number of hydrogen-bond donors (Lipinski definition) is 6. The van der Waals surface area contributed by atoms with E-state index in [9.17, 15) is 0 Å². The van der Waals surface area contributed by atoms with Gasteiger partial charge in [-0.3, -0.25) is 0 Å². The third kappa shape index (κ3) is 528. The van der Waals surface area contributed by atoms with E-state index in [1.54, 1.807) is 0 Å². The summed E-state index contributed by atoms with van der Waals surface area (Å²) < 4.78 is 8.88. The van der Waals surface area contributed by atoms with Gasteiger partial charge in [0.05, 0.1) is 0 Å². The van der Waals surface area contributed by atoms with Crippen LogP contribution in [0.15, 0.2) is 0 Å². The minimum absolute atomic E-state index is 0. The molecule has 7 nitrogen and oxygen atoms in total. The smallest absolute Gasteiger partial charge is 1.00 e. The van der Waals surface area contributed by atoms with Gasteiger partial charge in [0.25, 0.3) is 0 Å². The van der Waals surface area contributed by atoms with Crippen LogP contribution >= 0.6 is 7.82 Å². The number of hydrogen-bond acceptors (Lipinski definition) is 4. The van der Waals surface area contributed by atoms with Gasteiger partial charge in [0.2, 0.25) is 0 Å². The van der Waals surface area contributed by atoms with Crippen LogP contribution in [0, 0.1) is 0 Å². The number of rotatable bonds is 0. The first kappa shape index (κ1) is 17.2. The normalized spacial score (nSPS) is 8.60. The first-order valence-electron chi connectivity index (χ1n) is 1.56. The molecule has 0 aliphatic rings. The molecule has 6 N–H and O–H groups in total. The van der Waals surface area contributed by atoms with E-state index in [4.69, 9.17) is 34.3 Å². The molecule has 0 unspecified atom stereocenters. The second kappa shape index (κ2) is 8.15. The van der Waals surface area contributed by atoms with Crippen molar-refractivity contribution in [2.24, 2.45) is 0 Å². The average molecular weight is 184 g/mol. The van der Waals surface area contributed by atoms with Crippen molar-refractivity contribution in [3.05, 3.63) is 0 Å². The monoisotopic (exact) mass is 184 g/mol. The molecular formula is H7BNaO7P. The molecule has 10 heavy (non-hydrogen) atoms. The van der Waals surface area contributed by atoms with E-state index in [0.29, 0.717) is 0 Å². The fraction of sp³-hybridized carbons (Fsp3) is 0. The summed E-state index contributed by atoms with van der Waals surface area (Å²) in [5.41, 5.74) is 0. The summed E-state index contributed by atoms with van der Waals surface area (Å²) in [6.45, 7) is 0. The maximum absolute atomic E-state index is 8.88. The average Bonchev–Trinajstić information content (AvgIpc) is 1.19. The van der Waals surface area contributed by atoms with Crippen LogP contribution in [0.5, 0.6) is 0 Å². The summed E-state index contributed by atoms with van der Waals surface area (Å²) in [6.07, 6.45) is 0. The topological polar surface area (TPSA) is 138 Å². The Labute approximate surface area is 80.5 Å². The fourth-order valence-electron chi connectivity index (χ4n) is 0. The van der Waals surface area contributed by atoms with Gasteiger partial charge in [0, 0.05) is 0 Å². The van der Waals surface area contributed by atoms with Gasteiger partial charge in [0.15, 0.2) is 0 Å². The largest absolute Gasteiger partial charge is 1.00 e. The van der Waals surface area contributed by atoms with E-state index in [1.165, 1.54) is 0 Å². The standard InChI is InChI=1S/BH3O3.Na.H3O4P.H/c2-1(3)4;;1-5(2,3)4;/h2-4H;;(H3,1,2,3,4);/q;+1;;-1. The Morgan fingerprint density at radius 3 is 1.10 bits per heavy atom. The maximum atomic E-state index is 8.88. The Balaban J connectivity index is -0.0000000383. The van der Waals surface area contributed by atoms with Crippen LogP contribution in [0.25, 0.3) is 0 Å². The zero-order valence-electron chi connectivity index (χ0n) is 6.12. The van der Waals surface area contributed by atoms with E-state index in [0.717, 1.165) is 0 Å². The molecular weight excluding hydrogens is 177 g/mol. The summed E-state index contributed by atoms with van der Waals surface area (Å²) in [5.74, 6) is 0. The van der Waals surface area contributed by atoms with Gasteiger partial charge in [-0.25, -0.2) is 4.57 Å². The van der Waals surface area contributed by atoms with Crippen LogP contribution in [0.3, 0.4) is 0 Å². The van der Waals surface area contributed by atoms with Crippen molar-refractivity contribution in [2.45, 2.75) is 0 Å². The minimum atomic E-state index is -4.64. The summed E-state index contributed by atoms with van der Waals surface area (Å²) in [4.78, 5) is 21.6. The SMILES string of the molecule is O=P(O)(O)O.OB(O)O.[H-].[Na+]. The maximum Gasteiger partial charge on any atom is 1.00 e. The molecule has 0 aliphatic heterocycles. The molecule has 0 aromatic heterocycles. The molecule has 58 valence electrons. The molecule has 0 rings (SSSR count). The number of phosphoric acid groups is 1. The second-order valence-electron chi connectivity index (χ2n) is 0.860. The molecule has 0 spiro atoms. The zero-order chi connectivity index (χ0) is 8.08. The molecule has 0 heterocycles. The molecule has 0 bridgehead atoms. The van der Waals surface area contributed by atoms with E-state index in [2.05, 4.69) is 0 Å². The quantitative estimate of drug-likeness (QED) is 0.163. The molecule has 0 atom stereocenters. The van der Waals surface area contributed by atoms with Crippen LogP contribution in [0.2, 0.25) is 0 Å². The van der Waals surface area contributed by atoms with Gasteiger partial charge >= 0.3 is 44.7 Å². The third-order valence-corrected chi connectivity index (χ3v) is 0. The molecule has 0 amide bonds. The second-order valence-corrected chi connectivity index (χ2v) is 1.89. The first-order valence-corrected chi connectivity index (χ1v) is 3.12. The van der Waals surface area contributed by atoms with Gasteiger partial charge < -0.3 is 31.2 Å². The Morgan fingerprint density at radius 2 is 1.10 bits per heavy atom. The van der Waals surface area contributed by atoms with Crippen molar-refractivity contribution in [1.29, 1.82) is 0 Å². The van der Waals surface area contributed by atoms with E-state index < -0.39 is 15.1 Å². The first-order chi connectivity index (χ1) is 3.73. The molecule has 0 aliphatic carbocycles. The van der Waals surface area contributed by atoms with Crippen molar-refractivity contribution >= 4 is 15.1 Å². The molecule has 0 saturated heterocycles. The zero-order valence-corrected chi connectivity index (χ0v) is 8.01. The van der Waals surface area contributed by atoms with Crippen LogP contribution in [0.1, 0.15) is 1.43 Å². The summed E-state index contributed by atoms with van der Waals surface area (Å²) >= 11 is 0. The third-order valence-electron chi connectivity index (χ3n) is 0. The Morgan fingerprint density at radius 1 is 1.10 bits per heavy atom. The van der Waals surface area contributed by atoms with Crippen LogP contribution in [-0.4, -0.2) is 37.1 Å². The molecule has 0 saturated carbocycles. The van der Waals surface area contributed by atoms with Gasteiger partial charge in [-0.1, -0.05) is 0 Å².